The van der Waals surface area contributed by atoms with Gasteiger partial charge in [-0.15, -0.1) is 0 Å². The minimum Gasteiger partial charge on any atom is -0.351 e. The maximum absolute atomic E-state index is 12.9. The highest BCUT2D eigenvalue weighted by molar-refractivity contribution is 7.86. The van der Waals surface area contributed by atoms with E-state index < -0.39 is 47.9 Å². The van der Waals surface area contributed by atoms with E-state index in [9.17, 15) is 40.3 Å². The van der Waals surface area contributed by atoms with Crippen LogP contribution in [0.15, 0.2) is 88.7 Å². The molecule has 0 aliphatic rings. The summed E-state index contributed by atoms with van der Waals surface area (Å²) in [5.74, 6) is -1.14. The number of rotatable bonds is 7. The predicted octanol–water partition coefficient (Wildman–Crippen LogP) is 3.33. The van der Waals surface area contributed by atoms with E-state index in [4.69, 9.17) is 5.73 Å². The molecule has 0 atom stereocenters. The minimum absolute atomic E-state index is 0.00498. The summed E-state index contributed by atoms with van der Waals surface area (Å²) < 4.78 is 65.7. The van der Waals surface area contributed by atoms with E-state index in [1.165, 1.54) is 48.5 Å². The number of nitrogens with two attached hydrogens (primary N) is 1. The van der Waals surface area contributed by atoms with E-state index >= 15 is 0 Å². The van der Waals surface area contributed by atoms with Crippen LogP contribution in [-0.2, 0) is 20.2 Å². The van der Waals surface area contributed by atoms with E-state index in [0.29, 0.717) is 11.8 Å². The Bertz CT molecular complexity index is 1910. The van der Waals surface area contributed by atoms with Crippen molar-refractivity contribution < 1.29 is 40.3 Å². The van der Waals surface area contributed by atoms with Crippen molar-refractivity contribution in [2.45, 2.75) is 9.79 Å². The Morgan fingerprint density at radius 2 is 1.15 bits per heavy atom. The molecule has 0 saturated carbocycles. The fraction of sp³-hybridized carbons (Fsp3) is 0. The molecular formula is C25H20N4O9S2. The first-order valence-corrected chi connectivity index (χ1v) is 14.0. The van der Waals surface area contributed by atoms with E-state index in [1.54, 1.807) is 18.2 Å². The SMILES string of the molecule is NC(=O)Nc1cccc(C(=O)Nc2cccc(C(=O)Nc3ccc4c(S(=O)(=O)O)cc(S(=O)(=O)O)cc4c3)c2)c1. The summed E-state index contributed by atoms with van der Waals surface area (Å²) in [6, 6.07) is 16.6. The largest absolute Gasteiger partial charge is 0.351 e. The molecule has 0 unspecified atom stereocenters. The van der Waals surface area contributed by atoms with Crippen LogP contribution in [0.3, 0.4) is 0 Å². The summed E-state index contributed by atoms with van der Waals surface area (Å²) in [6.07, 6.45) is 0. The van der Waals surface area contributed by atoms with Gasteiger partial charge in [-0.2, -0.15) is 16.8 Å². The number of fused-ring (bicyclic) bond motifs is 1. The van der Waals surface area contributed by atoms with Gasteiger partial charge in [-0.25, -0.2) is 4.79 Å². The molecule has 4 aromatic rings. The molecule has 0 aliphatic carbocycles. The molecule has 13 nitrogen and oxygen atoms in total. The van der Waals surface area contributed by atoms with Crippen molar-refractivity contribution in [2.75, 3.05) is 16.0 Å². The van der Waals surface area contributed by atoms with Crippen LogP contribution in [-0.4, -0.2) is 43.8 Å². The lowest BCUT2D eigenvalue weighted by Crippen LogP contribution is -2.20. The summed E-state index contributed by atoms with van der Waals surface area (Å²) in [5, 5.41) is 7.53. The van der Waals surface area contributed by atoms with Crippen molar-refractivity contribution in [3.8, 4) is 0 Å². The molecule has 4 amide bonds. The molecule has 4 rings (SSSR count). The first-order valence-electron chi connectivity index (χ1n) is 11.1. The second-order valence-corrected chi connectivity index (χ2v) is 11.2. The summed E-state index contributed by atoms with van der Waals surface area (Å²) in [5.41, 5.74) is 6.17. The minimum atomic E-state index is -4.86. The lowest BCUT2D eigenvalue weighted by molar-refractivity contribution is 0.101. The molecule has 40 heavy (non-hydrogen) atoms. The number of carbonyl (C=O) groups is 3. The molecule has 0 radical (unpaired) electrons. The highest BCUT2D eigenvalue weighted by Gasteiger charge is 2.21. The van der Waals surface area contributed by atoms with Gasteiger partial charge < -0.3 is 21.7 Å². The van der Waals surface area contributed by atoms with Gasteiger partial charge >= 0.3 is 6.03 Å². The van der Waals surface area contributed by atoms with E-state index in [0.717, 1.165) is 6.07 Å². The lowest BCUT2D eigenvalue weighted by atomic mass is 10.1. The van der Waals surface area contributed by atoms with Gasteiger partial charge in [0.15, 0.2) is 0 Å². The highest BCUT2D eigenvalue weighted by atomic mass is 32.2. The summed E-state index contributed by atoms with van der Waals surface area (Å²) in [7, 11) is -9.68. The van der Waals surface area contributed by atoms with Crippen LogP contribution in [0, 0.1) is 0 Å². The Hall–Kier alpha value is -4.83. The van der Waals surface area contributed by atoms with Crippen molar-refractivity contribution in [3.63, 3.8) is 0 Å². The third-order valence-corrected chi connectivity index (χ3v) is 7.22. The third kappa shape index (κ3) is 6.59. The third-order valence-electron chi connectivity index (χ3n) is 5.50. The van der Waals surface area contributed by atoms with E-state index in [2.05, 4.69) is 16.0 Å². The molecular weight excluding hydrogens is 564 g/mol. The van der Waals surface area contributed by atoms with Gasteiger partial charge in [0.2, 0.25) is 0 Å². The lowest BCUT2D eigenvalue weighted by Gasteiger charge is -2.11. The number of nitrogens with one attached hydrogen (secondary N) is 3. The predicted molar refractivity (Wildman–Crippen MR) is 146 cm³/mol. The number of hydrogen-bond acceptors (Lipinski definition) is 7. The molecule has 0 heterocycles. The topological polar surface area (TPSA) is 222 Å². The summed E-state index contributed by atoms with van der Waals surface area (Å²) in [4.78, 5) is 35.1. The zero-order chi connectivity index (χ0) is 29.2. The molecule has 0 aliphatic heterocycles. The second kappa shape index (κ2) is 10.7. The molecule has 0 fully saturated rings. The molecule has 0 bridgehead atoms. The molecule has 15 heteroatoms. The van der Waals surface area contributed by atoms with E-state index in [1.807, 2.05) is 0 Å². The maximum atomic E-state index is 12.9. The molecule has 0 saturated heterocycles. The number of primary amides is 1. The quantitative estimate of drug-likeness (QED) is 0.175. The monoisotopic (exact) mass is 584 g/mol. The Labute approximate surface area is 227 Å². The molecule has 0 aromatic heterocycles. The average molecular weight is 585 g/mol. The molecule has 206 valence electrons. The van der Waals surface area contributed by atoms with Crippen molar-refractivity contribution in [1.29, 1.82) is 0 Å². The number of hydrogen-bond donors (Lipinski definition) is 6. The van der Waals surface area contributed by atoms with Crippen LogP contribution in [0.25, 0.3) is 10.8 Å². The highest BCUT2D eigenvalue weighted by Crippen LogP contribution is 2.29. The summed E-state index contributed by atoms with van der Waals surface area (Å²) in [6.45, 7) is 0. The van der Waals surface area contributed by atoms with Crippen molar-refractivity contribution in [1.82, 2.24) is 0 Å². The normalized spacial score (nSPS) is 11.6. The fourth-order valence-corrected chi connectivity index (χ4v) is 5.13. The van der Waals surface area contributed by atoms with Gasteiger partial charge in [-0.3, -0.25) is 18.7 Å². The molecule has 0 spiro atoms. The number of carbonyl (C=O) groups excluding carboxylic acids is 3. The Kier molecular flexibility index (Phi) is 7.57. The van der Waals surface area contributed by atoms with Gasteiger partial charge in [0, 0.05) is 33.6 Å². The van der Waals surface area contributed by atoms with Crippen LogP contribution >= 0.6 is 0 Å². The van der Waals surface area contributed by atoms with Crippen LogP contribution in [0.1, 0.15) is 20.7 Å². The van der Waals surface area contributed by atoms with Crippen molar-refractivity contribution >= 4 is 65.9 Å². The van der Waals surface area contributed by atoms with Crippen LogP contribution < -0.4 is 21.7 Å². The zero-order valence-electron chi connectivity index (χ0n) is 20.2. The smallest absolute Gasteiger partial charge is 0.316 e. The van der Waals surface area contributed by atoms with Gasteiger partial charge in [-0.1, -0.05) is 18.2 Å². The van der Waals surface area contributed by atoms with Crippen LogP contribution in [0.2, 0.25) is 0 Å². The summed E-state index contributed by atoms with van der Waals surface area (Å²) >= 11 is 0. The van der Waals surface area contributed by atoms with Crippen LogP contribution in [0.5, 0.6) is 0 Å². The Balaban J connectivity index is 1.57. The maximum Gasteiger partial charge on any atom is 0.316 e. The van der Waals surface area contributed by atoms with Crippen LogP contribution in [0.4, 0.5) is 21.9 Å². The van der Waals surface area contributed by atoms with Crippen molar-refractivity contribution in [3.05, 3.63) is 90.0 Å². The Morgan fingerprint density at radius 3 is 1.65 bits per heavy atom. The molecule has 4 aromatic carbocycles. The first kappa shape index (κ1) is 28.2. The van der Waals surface area contributed by atoms with E-state index in [-0.39, 0.29) is 33.3 Å². The first-order chi connectivity index (χ1) is 18.7. The fourth-order valence-electron chi connectivity index (χ4n) is 3.77. The van der Waals surface area contributed by atoms with Gasteiger partial charge in [0.1, 0.15) is 4.90 Å². The standard InChI is InChI=1S/C25H20N4O9S2/c26-25(32)29-18-6-2-4-15(10-18)23(30)27-17-5-1-3-14(9-17)24(31)28-19-7-8-21-16(11-19)12-20(39(33,34)35)13-22(21)40(36,37)38/h1-13H,(H,27,30)(H,28,31)(H3,26,29,32)(H,33,34,35)(H,36,37,38). The average Bonchev–Trinajstić information content (AvgIpc) is 2.86. The van der Waals surface area contributed by atoms with Gasteiger partial charge in [-0.05, 0) is 66.0 Å². The zero-order valence-corrected chi connectivity index (χ0v) is 21.8. The Morgan fingerprint density at radius 1 is 0.625 bits per heavy atom. The number of amides is 4. The second-order valence-electron chi connectivity index (χ2n) is 8.37. The number of benzene rings is 4. The van der Waals surface area contributed by atoms with Crippen molar-refractivity contribution in [2.24, 2.45) is 5.73 Å². The number of anilines is 3. The van der Waals surface area contributed by atoms with Gasteiger partial charge in [0.05, 0.1) is 4.90 Å². The van der Waals surface area contributed by atoms with Gasteiger partial charge in [0.25, 0.3) is 32.1 Å². The molecule has 7 N–H and O–H groups in total. The number of urea groups is 1.